The molecule has 6 heteroatoms. The van der Waals surface area contributed by atoms with Gasteiger partial charge in [0.15, 0.2) is 0 Å². The number of aromatic nitrogens is 1. The normalized spacial score (nSPS) is 15.7. The third-order valence-electron chi connectivity index (χ3n) is 4.95. The molecule has 0 saturated heterocycles. The lowest BCUT2D eigenvalue weighted by Crippen LogP contribution is -2.31. The van der Waals surface area contributed by atoms with Crippen molar-refractivity contribution in [3.63, 3.8) is 0 Å². The number of carbonyl (C=O) groups excluding carboxylic acids is 1. The largest absolute Gasteiger partial charge is 0.488 e. The molecule has 2 aromatic carbocycles. The Morgan fingerprint density at radius 3 is 2.82 bits per heavy atom. The Balaban J connectivity index is 1.51. The first-order valence-corrected chi connectivity index (χ1v) is 10.3. The highest BCUT2D eigenvalue weighted by atomic mass is 32.2. The molecule has 1 amide bonds. The third-order valence-corrected chi connectivity index (χ3v) is 6.07. The van der Waals surface area contributed by atoms with Crippen LogP contribution in [-0.2, 0) is 6.61 Å². The van der Waals surface area contributed by atoms with Crippen molar-refractivity contribution in [2.45, 2.75) is 37.8 Å². The Morgan fingerprint density at radius 2 is 2.00 bits per heavy atom. The quantitative estimate of drug-likeness (QED) is 0.671. The van der Waals surface area contributed by atoms with E-state index in [0.717, 1.165) is 29.2 Å². The summed E-state index contributed by atoms with van der Waals surface area (Å²) < 4.78 is 11.1. The number of ether oxygens (including phenoxy) is 1. The molecule has 144 valence electrons. The van der Waals surface area contributed by atoms with Crippen molar-refractivity contribution in [2.75, 3.05) is 5.75 Å². The molecule has 1 aromatic heterocycles. The minimum Gasteiger partial charge on any atom is -0.488 e. The number of carbonyl (C=O) groups is 1. The molecule has 0 bridgehead atoms. The first-order chi connectivity index (χ1) is 13.6. The molecule has 0 spiro atoms. The van der Waals surface area contributed by atoms with Crippen LogP contribution in [-0.4, -0.2) is 16.8 Å². The smallest absolute Gasteiger partial charge is 0.255 e. The number of amides is 1. The van der Waals surface area contributed by atoms with Gasteiger partial charge in [0.25, 0.3) is 5.91 Å². The van der Waals surface area contributed by atoms with Crippen molar-refractivity contribution in [1.29, 1.82) is 0 Å². The first-order valence-electron chi connectivity index (χ1n) is 9.29. The van der Waals surface area contributed by atoms with E-state index in [-0.39, 0.29) is 11.9 Å². The summed E-state index contributed by atoms with van der Waals surface area (Å²) in [6.07, 6.45) is 0.912. The summed E-state index contributed by atoms with van der Waals surface area (Å²) in [5.41, 5.74) is 3.43. The van der Waals surface area contributed by atoms with Crippen LogP contribution in [0, 0.1) is 13.8 Å². The molecule has 1 aliphatic rings. The number of para-hydroxylation sites is 1. The summed E-state index contributed by atoms with van der Waals surface area (Å²) in [6.45, 7) is 4.05. The number of benzene rings is 2. The number of nitrogens with zero attached hydrogens (tertiary/aromatic N) is 1. The Kier molecular flexibility index (Phi) is 5.39. The standard InChI is InChI=1S/C22H22N2O3S/c1-14-18(15(2)27-24-14)13-26-20-9-5-3-8-17(20)22(25)23-19-11-12-28-21-10-6-4-7-16(19)21/h3-10,19H,11-13H2,1-2H3,(H,23,25)/t19-/m0/s1. The van der Waals surface area contributed by atoms with E-state index >= 15 is 0 Å². The maximum absolute atomic E-state index is 13.0. The highest BCUT2D eigenvalue weighted by Crippen LogP contribution is 2.36. The van der Waals surface area contributed by atoms with Gasteiger partial charge < -0.3 is 14.6 Å². The minimum atomic E-state index is -0.124. The maximum Gasteiger partial charge on any atom is 0.255 e. The van der Waals surface area contributed by atoms with Crippen LogP contribution in [0.15, 0.2) is 57.9 Å². The second-order valence-electron chi connectivity index (χ2n) is 6.79. The van der Waals surface area contributed by atoms with Crippen LogP contribution < -0.4 is 10.1 Å². The van der Waals surface area contributed by atoms with Gasteiger partial charge in [0.1, 0.15) is 18.1 Å². The number of nitrogens with one attached hydrogen (secondary N) is 1. The Morgan fingerprint density at radius 1 is 1.21 bits per heavy atom. The van der Waals surface area contributed by atoms with Crippen molar-refractivity contribution in [3.05, 3.63) is 76.7 Å². The van der Waals surface area contributed by atoms with Gasteiger partial charge in [-0.05, 0) is 44.0 Å². The number of hydrogen-bond donors (Lipinski definition) is 1. The maximum atomic E-state index is 13.0. The van der Waals surface area contributed by atoms with Crippen molar-refractivity contribution in [3.8, 4) is 5.75 Å². The summed E-state index contributed by atoms with van der Waals surface area (Å²) in [5.74, 6) is 2.15. The average molecular weight is 394 g/mol. The zero-order valence-electron chi connectivity index (χ0n) is 15.9. The van der Waals surface area contributed by atoms with E-state index in [9.17, 15) is 4.79 Å². The van der Waals surface area contributed by atoms with Gasteiger partial charge in [-0.3, -0.25) is 4.79 Å². The van der Waals surface area contributed by atoms with Crippen molar-refractivity contribution >= 4 is 17.7 Å². The number of thioether (sulfide) groups is 1. The van der Waals surface area contributed by atoms with Gasteiger partial charge in [0, 0.05) is 10.6 Å². The second-order valence-corrected chi connectivity index (χ2v) is 7.93. The summed E-state index contributed by atoms with van der Waals surface area (Å²) in [6, 6.07) is 15.6. The van der Waals surface area contributed by atoms with E-state index in [1.54, 1.807) is 6.07 Å². The first kappa shape index (κ1) is 18.6. The third kappa shape index (κ3) is 3.78. The van der Waals surface area contributed by atoms with Gasteiger partial charge in [-0.15, -0.1) is 11.8 Å². The molecule has 0 fully saturated rings. The highest BCUT2D eigenvalue weighted by molar-refractivity contribution is 7.99. The van der Waals surface area contributed by atoms with Crippen molar-refractivity contribution < 1.29 is 14.1 Å². The molecule has 2 heterocycles. The molecule has 1 aliphatic heterocycles. The summed E-state index contributed by atoms with van der Waals surface area (Å²) in [5, 5.41) is 7.13. The zero-order valence-corrected chi connectivity index (χ0v) is 16.7. The molecule has 5 nitrogen and oxygen atoms in total. The highest BCUT2D eigenvalue weighted by Gasteiger charge is 2.23. The molecule has 0 unspecified atom stereocenters. The van der Waals surface area contributed by atoms with E-state index in [4.69, 9.17) is 9.26 Å². The average Bonchev–Trinajstić information content (AvgIpc) is 3.04. The molecule has 1 atom stereocenters. The minimum absolute atomic E-state index is 0.0144. The lowest BCUT2D eigenvalue weighted by atomic mass is 10.0. The lowest BCUT2D eigenvalue weighted by Gasteiger charge is -2.26. The predicted octanol–water partition coefficient (Wildman–Crippen LogP) is 4.84. The fraction of sp³-hybridized carbons (Fsp3) is 0.273. The summed E-state index contributed by atoms with van der Waals surface area (Å²) in [4.78, 5) is 14.2. The van der Waals surface area contributed by atoms with Crippen LogP contribution in [0.5, 0.6) is 5.75 Å². The van der Waals surface area contributed by atoms with E-state index in [1.165, 1.54) is 10.5 Å². The molecular weight excluding hydrogens is 372 g/mol. The monoisotopic (exact) mass is 394 g/mol. The van der Waals surface area contributed by atoms with Crippen LogP contribution in [0.3, 0.4) is 0 Å². The molecule has 0 aliphatic carbocycles. The van der Waals surface area contributed by atoms with E-state index in [0.29, 0.717) is 17.9 Å². The Bertz CT molecular complexity index is 979. The zero-order chi connectivity index (χ0) is 19.5. The molecule has 28 heavy (non-hydrogen) atoms. The van der Waals surface area contributed by atoms with Crippen LogP contribution >= 0.6 is 11.8 Å². The van der Waals surface area contributed by atoms with Gasteiger partial charge in [0.05, 0.1) is 22.9 Å². The van der Waals surface area contributed by atoms with Gasteiger partial charge in [-0.1, -0.05) is 35.5 Å². The number of aryl methyl sites for hydroxylation is 2. The Labute approximate surface area is 168 Å². The Hall–Kier alpha value is -2.73. The van der Waals surface area contributed by atoms with Crippen molar-refractivity contribution in [2.24, 2.45) is 0 Å². The van der Waals surface area contributed by atoms with E-state index in [1.807, 2.05) is 55.9 Å². The van der Waals surface area contributed by atoms with Crippen LogP contribution in [0.1, 0.15) is 45.4 Å². The number of rotatable bonds is 5. The lowest BCUT2D eigenvalue weighted by molar-refractivity contribution is 0.0930. The predicted molar refractivity (Wildman–Crippen MR) is 109 cm³/mol. The van der Waals surface area contributed by atoms with Crippen molar-refractivity contribution in [1.82, 2.24) is 10.5 Å². The van der Waals surface area contributed by atoms with Gasteiger partial charge >= 0.3 is 0 Å². The van der Waals surface area contributed by atoms with E-state index in [2.05, 4.69) is 22.6 Å². The van der Waals surface area contributed by atoms with Crippen LogP contribution in [0.4, 0.5) is 0 Å². The molecule has 1 N–H and O–H groups in total. The molecular formula is C22H22N2O3S. The molecule has 0 radical (unpaired) electrons. The summed E-state index contributed by atoms with van der Waals surface area (Å²) >= 11 is 1.84. The van der Waals surface area contributed by atoms with Gasteiger partial charge in [0.2, 0.25) is 0 Å². The number of hydrogen-bond acceptors (Lipinski definition) is 5. The van der Waals surface area contributed by atoms with Gasteiger partial charge in [-0.2, -0.15) is 0 Å². The fourth-order valence-corrected chi connectivity index (χ4v) is 4.49. The fourth-order valence-electron chi connectivity index (χ4n) is 3.37. The second kappa shape index (κ2) is 8.10. The summed E-state index contributed by atoms with van der Waals surface area (Å²) in [7, 11) is 0. The number of fused-ring (bicyclic) bond motifs is 1. The van der Waals surface area contributed by atoms with E-state index < -0.39 is 0 Å². The van der Waals surface area contributed by atoms with Crippen LogP contribution in [0.2, 0.25) is 0 Å². The van der Waals surface area contributed by atoms with Crippen LogP contribution in [0.25, 0.3) is 0 Å². The molecule has 4 rings (SSSR count). The SMILES string of the molecule is Cc1noc(C)c1COc1ccccc1C(=O)N[C@H]1CCSc2ccccc21. The topological polar surface area (TPSA) is 64.4 Å². The molecule has 0 saturated carbocycles. The molecule has 3 aromatic rings. The van der Waals surface area contributed by atoms with Gasteiger partial charge in [-0.25, -0.2) is 0 Å².